The molecule has 6 nitrogen and oxygen atoms in total. The van der Waals surface area contributed by atoms with Gasteiger partial charge < -0.3 is 10.2 Å². The minimum Gasteiger partial charge on any atom is -0.341 e. The lowest BCUT2D eigenvalue weighted by Gasteiger charge is -2.23. The smallest absolute Gasteiger partial charge is 0.232 e. The van der Waals surface area contributed by atoms with Gasteiger partial charge in [0.05, 0.1) is 15.7 Å². The highest BCUT2D eigenvalue weighted by molar-refractivity contribution is 7.16. The standard InChI is InChI=1S/C21H28N6S/c1-4-10-27(11-9-15-5-6-15)21-25-19(14(2)3)24-20(26-21)23-16-7-8-17-18(12-16)28-13-22-17/h7-8,12-15H,4-6,9-11H2,1-3H3,(H,23,24,25,26). The van der Waals surface area contributed by atoms with Gasteiger partial charge in [-0.2, -0.15) is 15.0 Å². The van der Waals surface area contributed by atoms with Gasteiger partial charge in [-0.3, -0.25) is 0 Å². The summed E-state index contributed by atoms with van der Waals surface area (Å²) in [7, 11) is 0. The van der Waals surface area contributed by atoms with Crippen molar-refractivity contribution in [3.05, 3.63) is 29.5 Å². The van der Waals surface area contributed by atoms with Gasteiger partial charge in [-0.1, -0.05) is 33.6 Å². The maximum atomic E-state index is 4.79. The summed E-state index contributed by atoms with van der Waals surface area (Å²) in [6.07, 6.45) is 5.06. The maximum Gasteiger partial charge on any atom is 0.232 e. The van der Waals surface area contributed by atoms with Crippen LogP contribution in [0, 0.1) is 5.92 Å². The molecule has 1 fully saturated rings. The molecule has 0 saturated heterocycles. The van der Waals surface area contributed by atoms with Gasteiger partial charge in [-0.15, -0.1) is 11.3 Å². The largest absolute Gasteiger partial charge is 0.341 e. The second-order valence-corrected chi connectivity index (χ2v) is 8.74. The lowest BCUT2D eigenvalue weighted by molar-refractivity contribution is 0.647. The Morgan fingerprint density at radius 1 is 1.18 bits per heavy atom. The SMILES string of the molecule is CCCN(CCC1CC1)c1nc(Nc2ccc3ncsc3c2)nc(C(C)C)n1. The van der Waals surface area contributed by atoms with E-state index in [0.29, 0.717) is 5.95 Å². The van der Waals surface area contributed by atoms with Crippen LogP contribution in [0.15, 0.2) is 23.7 Å². The van der Waals surface area contributed by atoms with Gasteiger partial charge in [-0.05, 0) is 37.0 Å². The van der Waals surface area contributed by atoms with Crippen molar-refractivity contribution in [3.63, 3.8) is 0 Å². The number of hydrogen-bond donors (Lipinski definition) is 1. The minimum absolute atomic E-state index is 0.248. The van der Waals surface area contributed by atoms with Crippen LogP contribution >= 0.6 is 11.3 Å². The Bertz CT molecular complexity index is 934. The number of nitrogens with one attached hydrogen (secondary N) is 1. The van der Waals surface area contributed by atoms with Crippen molar-refractivity contribution in [1.82, 2.24) is 19.9 Å². The molecule has 0 radical (unpaired) electrons. The van der Waals surface area contributed by atoms with Crippen LogP contribution in [0.2, 0.25) is 0 Å². The molecule has 0 unspecified atom stereocenters. The third-order valence-electron chi connectivity index (χ3n) is 5.03. The highest BCUT2D eigenvalue weighted by Gasteiger charge is 2.23. The second-order valence-electron chi connectivity index (χ2n) is 7.85. The molecule has 2 heterocycles. The Balaban J connectivity index is 1.61. The maximum absolute atomic E-state index is 4.79. The number of nitrogens with zero attached hydrogens (tertiary/aromatic N) is 5. The number of hydrogen-bond acceptors (Lipinski definition) is 7. The van der Waals surface area contributed by atoms with Crippen LogP contribution < -0.4 is 10.2 Å². The molecule has 0 bridgehead atoms. The van der Waals surface area contributed by atoms with Crippen molar-refractivity contribution in [3.8, 4) is 0 Å². The van der Waals surface area contributed by atoms with Crippen molar-refractivity contribution in [2.24, 2.45) is 5.92 Å². The predicted octanol–water partition coefficient (Wildman–Crippen LogP) is 5.36. The van der Waals surface area contributed by atoms with E-state index >= 15 is 0 Å². The van der Waals surface area contributed by atoms with E-state index in [1.54, 1.807) is 11.3 Å². The fourth-order valence-electron chi connectivity index (χ4n) is 3.22. The first kappa shape index (κ1) is 19.1. The molecule has 1 aliphatic carbocycles. The Labute approximate surface area is 170 Å². The Morgan fingerprint density at radius 2 is 2.04 bits per heavy atom. The van der Waals surface area contributed by atoms with Gasteiger partial charge in [0.15, 0.2) is 0 Å². The lowest BCUT2D eigenvalue weighted by Crippen LogP contribution is -2.28. The molecule has 7 heteroatoms. The number of benzene rings is 1. The average molecular weight is 397 g/mol. The Morgan fingerprint density at radius 3 is 2.79 bits per heavy atom. The molecule has 0 atom stereocenters. The third kappa shape index (κ3) is 4.58. The molecule has 1 saturated carbocycles. The first-order valence-electron chi connectivity index (χ1n) is 10.2. The molecule has 0 aliphatic heterocycles. The fraction of sp³-hybridized carbons (Fsp3) is 0.524. The van der Waals surface area contributed by atoms with Crippen molar-refractivity contribution in [2.45, 2.75) is 52.4 Å². The molecule has 0 spiro atoms. The summed E-state index contributed by atoms with van der Waals surface area (Å²) in [5, 5.41) is 3.39. The number of thiazole rings is 1. The van der Waals surface area contributed by atoms with E-state index in [4.69, 9.17) is 9.97 Å². The van der Waals surface area contributed by atoms with Crippen LogP contribution in [0.1, 0.15) is 58.2 Å². The zero-order valence-electron chi connectivity index (χ0n) is 16.9. The number of fused-ring (bicyclic) bond motifs is 1. The molecule has 1 N–H and O–H groups in total. The van der Waals surface area contributed by atoms with Crippen molar-refractivity contribution in [1.29, 1.82) is 0 Å². The Kier molecular flexibility index (Phi) is 5.71. The van der Waals surface area contributed by atoms with E-state index < -0.39 is 0 Å². The average Bonchev–Trinajstić information content (AvgIpc) is 3.40. The molecule has 3 aromatic rings. The normalized spacial score (nSPS) is 14.0. The van der Waals surface area contributed by atoms with Gasteiger partial charge in [-0.25, -0.2) is 4.98 Å². The van der Waals surface area contributed by atoms with Crippen LogP contribution in [0.4, 0.5) is 17.6 Å². The Hall–Kier alpha value is -2.28. The third-order valence-corrected chi connectivity index (χ3v) is 5.82. The summed E-state index contributed by atoms with van der Waals surface area (Å²) in [6.45, 7) is 8.45. The summed E-state index contributed by atoms with van der Waals surface area (Å²) in [5.41, 5.74) is 3.86. The summed E-state index contributed by atoms with van der Waals surface area (Å²) < 4.78 is 1.15. The van der Waals surface area contributed by atoms with E-state index in [9.17, 15) is 0 Å². The summed E-state index contributed by atoms with van der Waals surface area (Å²) in [6, 6.07) is 6.15. The summed E-state index contributed by atoms with van der Waals surface area (Å²) in [4.78, 5) is 20.9. The number of rotatable bonds is 9. The minimum atomic E-state index is 0.248. The first-order valence-corrected chi connectivity index (χ1v) is 11.1. The monoisotopic (exact) mass is 396 g/mol. The molecule has 148 valence electrons. The van der Waals surface area contributed by atoms with E-state index in [0.717, 1.165) is 53.1 Å². The van der Waals surface area contributed by atoms with Gasteiger partial charge in [0, 0.05) is 24.7 Å². The molecule has 1 aliphatic rings. The molecule has 2 aromatic heterocycles. The first-order chi connectivity index (χ1) is 13.6. The van der Waals surface area contributed by atoms with Gasteiger partial charge in [0.25, 0.3) is 0 Å². The highest BCUT2D eigenvalue weighted by Crippen LogP contribution is 2.33. The van der Waals surface area contributed by atoms with Crippen LogP contribution in [0.5, 0.6) is 0 Å². The topological polar surface area (TPSA) is 66.8 Å². The van der Waals surface area contributed by atoms with Crippen LogP contribution in [-0.2, 0) is 0 Å². The zero-order chi connectivity index (χ0) is 19.5. The fourth-order valence-corrected chi connectivity index (χ4v) is 3.94. The molecular weight excluding hydrogens is 368 g/mol. The molecule has 28 heavy (non-hydrogen) atoms. The van der Waals surface area contributed by atoms with Crippen molar-refractivity contribution < 1.29 is 0 Å². The van der Waals surface area contributed by atoms with Crippen molar-refractivity contribution >= 4 is 39.1 Å². The predicted molar refractivity (Wildman–Crippen MR) is 117 cm³/mol. The van der Waals surface area contributed by atoms with Crippen LogP contribution in [-0.4, -0.2) is 33.0 Å². The van der Waals surface area contributed by atoms with E-state index in [-0.39, 0.29) is 5.92 Å². The number of anilines is 3. The van der Waals surface area contributed by atoms with Gasteiger partial charge in [0.1, 0.15) is 5.82 Å². The van der Waals surface area contributed by atoms with E-state index in [2.05, 4.69) is 47.0 Å². The van der Waals surface area contributed by atoms with E-state index in [1.165, 1.54) is 19.3 Å². The quantitative estimate of drug-likeness (QED) is 0.525. The molecular formula is C21H28N6S. The van der Waals surface area contributed by atoms with E-state index in [1.807, 2.05) is 17.6 Å². The highest BCUT2D eigenvalue weighted by atomic mass is 32.1. The molecule has 4 rings (SSSR count). The summed E-state index contributed by atoms with van der Waals surface area (Å²) in [5.74, 6) is 3.39. The molecule has 0 amide bonds. The number of aromatic nitrogens is 4. The van der Waals surface area contributed by atoms with Gasteiger partial charge >= 0.3 is 0 Å². The molecule has 1 aromatic carbocycles. The lowest BCUT2D eigenvalue weighted by atomic mass is 10.2. The zero-order valence-corrected chi connectivity index (χ0v) is 17.7. The summed E-state index contributed by atoms with van der Waals surface area (Å²) >= 11 is 1.64. The van der Waals surface area contributed by atoms with Gasteiger partial charge in [0.2, 0.25) is 11.9 Å². The van der Waals surface area contributed by atoms with Crippen LogP contribution in [0.25, 0.3) is 10.2 Å². The van der Waals surface area contributed by atoms with Crippen molar-refractivity contribution in [2.75, 3.05) is 23.3 Å². The van der Waals surface area contributed by atoms with Crippen LogP contribution in [0.3, 0.4) is 0 Å². The second kappa shape index (κ2) is 8.39.